The third-order valence-electron chi connectivity index (χ3n) is 5.13. The first kappa shape index (κ1) is 19.6. The van der Waals surface area contributed by atoms with Crippen LogP contribution in [0.15, 0.2) is 50.6 Å². The van der Waals surface area contributed by atoms with Crippen LogP contribution in [0, 0.1) is 0 Å². The number of halogens is 1. The highest BCUT2D eigenvalue weighted by Crippen LogP contribution is 2.35. The Hall–Kier alpha value is -1.74. The van der Waals surface area contributed by atoms with Crippen LogP contribution in [-0.4, -0.2) is 39.0 Å². The molecule has 150 valence electrons. The van der Waals surface area contributed by atoms with Gasteiger partial charge in [0.2, 0.25) is 0 Å². The average molecular weight is 440 g/mol. The Balaban J connectivity index is 1.63. The van der Waals surface area contributed by atoms with Gasteiger partial charge >= 0.3 is 0 Å². The second-order valence-corrected chi connectivity index (χ2v) is 10.3. The highest BCUT2D eigenvalue weighted by atomic mass is 35.5. The van der Waals surface area contributed by atoms with Crippen molar-refractivity contribution < 1.29 is 12.8 Å². The van der Waals surface area contributed by atoms with Crippen molar-refractivity contribution >= 4 is 55.5 Å². The molecule has 1 N–H and O–H groups in total. The quantitative estimate of drug-likeness (QED) is 0.538. The summed E-state index contributed by atoms with van der Waals surface area (Å²) >= 11 is 7.43. The summed E-state index contributed by atoms with van der Waals surface area (Å²) < 4.78 is 32.2. The van der Waals surface area contributed by atoms with Gasteiger partial charge in [-0.05, 0) is 55.6 Å². The predicted octanol–water partition coefficient (Wildman–Crippen LogP) is 4.74. The van der Waals surface area contributed by atoms with Crippen LogP contribution in [0.3, 0.4) is 0 Å². The van der Waals surface area contributed by atoms with Crippen molar-refractivity contribution in [2.24, 2.45) is 0 Å². The molecular formula is C19H22ClN3O3S2. The number of furan rings is 1. The fraction of sp³-hybridized carbons (Fsp3) is 0.368. The van der Waals surface area contributed by atoms with Crippen LogP contribution < -0.4 is 9.14 Å². The fourth-order valence-corrected chi connectivity index (χ4v) is 6.26. The van der Waals surface area contributed by atoms with E-state index in [0.29, 0.717) is 17.3 Å². The minimum Gasteiger partial charge on any atom is -0.462 e. The second kappa shape index (κ2) is 7.94. The molecule has 0 unspecified atom stereocenters. The van der Waals surface area contributed by atoms with Gasteiger partial charge in [-0.1, -0.05) is 13.0 Å². The predicted molar refractivity (Wildman–Crippen MR) is 115 cm³/mol. The Labute approximate surface area is 173 Å². The maximum absolute atomic E-state index is 12.8. The topological polar surface area (TPSA) is 65.8 Å². The molecule has 1 aliphatic heterocycles. The van der Waals surface area contributed by atoms with E-state index in [9.17, 15) is 8.42 Å². The minimum atomic E-state index is -3.81. The standard InChI is InChI=1S/C19H22ClN3O3S2/c1-2-22-8-3-5-15(22)13-21-17-12-16(11-14-7-9-26-19(14)17)23(20)28(24,25)18-6-4-10-27-18/h4,6-7,9-12,15,21H,2-3,5,8,13H2,1H3/t15-/m1/s1. The molecule has 2 aromatic heterocycles. The minimum absolute atomic E-state index is 0.203. The smallest absolute Gasteiger partial charge is 0.287 e. The molecule has 1 saturated heterocycles. The summed E-state index contributed by atoms with van der Waals surface area (Å²) in [6.45, 7) is 5.09. The number of nitrogens with zero attached hydrogens (tertiary/aromatic N) is 2. The molecule has 0 amide bonds. The number of hydrogen-bond donors (Lipinski definition) is 1. The van der Waals surface area contributed by atoms with E-state index in [-0.39, 0.29) is 4.21 Å². The first-order chi connectivity index (χ1) is 13.5. The molecule has 28 heavy (non-hydrogen) atoms. The number of fused-ring (bicyclic) bond motifs is 1. The van der Waals surface area contributed by atoms with Gasteiger partial charge in [0.15, 0.2) is 5.58 Å². The molecule has 0 saturated carbocycles. The lowest BCUT2D eigenvalue weighted by molar-refractivity contribution is 0.277. The summed E-state index contributed by atoms with van der Waals surface area (Å²) in [5.74, 6) is 0. The zero-order valence-electron chi connectivity index (χ0n) is 15.5. The number of likely N-dealkylation sites (N-methyl/N-ethyl adjacent to an activating group) is 1. The third-order valence-corrected chi connectivity index (χ3v) is 8.73. The molecule has 1 atom stereocenters. The van der Waals surface area contributed by atoms with Crippen LogP contribution in [0.5, 0.6) is 0 Å². The summed E-state index contributed by atoms with van der Waals surface area (Å²) in [5.41, 5.74) is 1.82. The van der Waals surface area contributed by atoms with E-state index in [2.05, 4.69) is 17.1 Å². The highest BCUT2D eigenvalue weighted by molar-refractivity contribution is 7.96. The number of sulfonamides is 1. The lowest BCUT2D eigenvalue weighted by Crippen LogP contribution is -2.34. The van der Waals surface area contributed by atoms with Crippen molar-refractivity contribution in [3.05, 3.63) is 42.0 Å². The first-order valence-electron chi connectivity index (χ1n) is 9.24. The molecular weight excluding hydrogens is 418 g/mol. The van der Waals surface area contributed by atoms with E-state index >= 15 is 0 Å². The van der Waals surface area contributed by atoms with Crippen LogP contribution in [0.1, 0.15) is 19.8 Å². The number of likely N-dealkylation sites (tertiary alicyclic amines) is 1. The molecule has 4 rings (SSSR count). The molecule has 1 aliphatic rings. The van der Waals surface area contributed by atoms with Crippen LogP contribution in [0.2, 0.25) is 0 Å². The molecule has 9 heteroatoms. The molecule has 3 aromatic rings. The van der Waals surface area contributed by atoms with Gasteiger partial charge in [0, 0.05) is 29.7 Å². The molecule has 0 spiro atoms. The summed E-state index contributed by atoms with van der Waals surface area (Å²) in [5, 5.41) is 5.96. The van der Waals surface area contributed by atoms with Gasteiger partial charge in [-0.3, -0.25) is 4.90 Å². The number of benzene rings is 1. The normalized spacial score (nSPS) is 18.0. The van der Waals surface area contributed by atoms with Crippen molar-refractivity contribution in [2.75, 3.05) is 28.8 Å². The lowest BCUT2D eigenvalue weighted by Gasteiger charge is -2.24. The van der Waals surface area contributed by atoms with Gasteiger partial charge < -0.3 is 9.73 Å². The van der Waals surface area contributed by atoms with E-state index in [0.717, 1.165) is 52.3 Å². The Morgan fingerprint density at radius 1 is 1.39 bits per heavy atom. The van der Waals surface area contributed by atoms with Crippen LogP contribution in [-0.2, 0) is 10.0 Å². The van der Waals surface area contributed by atoms with Crippen molar-refractivity contribution in [1.82, 2.24) is 4.90 Å². The summed E-state index contributed by atoms with van der Waals surface area (Å²) in [6, 6.07) is 8.95. The molecule has 0 radical (unpaired) electrons. The fourth-order valence-electron chi connectivity index (χ4n) is 3.70. The SMILES string of the molecule is CCN1CCC[C@@H]1CNc1cc(N(Cl)S(=O)(=O)c2cccs2)cc2ccoc12. The van der Waals surface area contributed by atoms with Gasteiger partial charge in [-0.15, -0.1) is 11.3 Å². The van der Waals surface area contributed by atoms with Gasteiger partial charge in [-0.2, -0.15) is 12.2 Å². The van der Waals surface area contributed by atoms with Gasteiger partial charge in [0.05, 0.1) is 17.6 Å². The maximum Gasteiger partial charge on any atom is 0.287 e. The number of thiophene rings is 1. The Morgan fingerprint density at radius 3 is 3.00 bits per heavy atom. The number of nitrogens with one attached hydrogen (secondary N) is 1. The van der Waals surface area contributed by atoms with Crippen LogP contribution in [0.25, 0.3) is 11.0 Å². The summed E-state index contributed by atoms with van der Waals surface area (Å²) in [4.78, 5) is 2.45. The molecule has 6 nitrogen and oxygen atoms in total. The van der Waals surface area contributed by atoms with E-state index in [4.69, 9.17) is 16.2 Å². The van der Waals surface area contributed by atoms with Crippen molar-refractivity contribution in [3.8, 4) is 0 Å². The van der Waals surface area contributed by atoms with Gasteiger partial charge in [0.1, 0.15) is 4.21 Å². The lowest BCUT2D eigenvalue weighted by atomic mass is 10.2. The molecule has 0 bridgehead atoms. The van der Waals surface area contributed by atoms with Gasteiger partial charge in [0.25, 0.3) is 10.0 Å². The van der Waals surface area contributed by atoms with Crippen molar-refractivity contribution in [3.63, 3.8) is 0 Å². The van der Waals surface area contributed by atoms with Crippen LogP contribution >= 0.6 is 23.1 Å². The molecule has 1 aromatic carbocycles. The molecule has 0 aliphatic carbocycles. The molecule has 1 fully saturated rings. The zero-order chi connectivity index (χ0) is 19.7. The molecule has 3 heterocycles. The zero-order valence-corrected chi connectivity index (χ0v) is 17.9. The summed E-state index contributed by atoms with van der Waals surface area (Å²) in [7, 11) is -3.81. The Morgan fingerprint density at radius 2 is 2.25 bits per heavy atom. The maximum atomic E-state index is 12.8. The van der Waals surface area contributed by atoms with Crippen molar-refractivity contribution in [1.29, 1.82) is 0 Å². The van der Waals surface area contributed by atoms with Gasteiger partial charge in [-0.25, -0.2) is 0 Å². The first-order valence-corrected chi connectivity index (χ1v) is 11.9. The third kappa shape index (κ3) is 3.61. The van der Waals surface area contributed by atoms with E-state index in [1.54, 1.807) is 42.0 Å². The van der Waals surface area contributed by atoms with E-state index in [1.165, 1.54) is 6.42 Å². The van der Waals surface area contributed by atoms with E-state index < -0.39 is 10.0 Å². The Kier molecular flexibility index (Phi) is 5.55. The van der Waals surface area contributed by atoms with E-state index in [1.807, 2.05) is 0 Å². The number of hydrogen-bond acceptors (Lipinski definition) is 6. The second-order valence-electron chi connectivity index (χ2n) is 6.79. The highest BCUT2D eigenvalue weighted by Gasteiger charge is 2.27. The average Bonchev–Trinajstić information content (AvgIpc) is 3.46. The van der Waals surface area contributed by atoms with Crippen LogP contribution in [0.4, 0.5) is 11.4 Å². The number of anilines is 2. The number of rotatable bonds is 7. The largest absolute Gasteiger partial charge is 0.462 e. The monoisotopic (exact) mass is 439 g/mol. The summed E-state index contributed by atoms with van der Waals surface area (Å²) in [6.07, 6.45) is 3.95. The Bertz CT molecular complexity index is 1050. The van der Waals surface area contributed by atoms with Crippen molar-refractivity contribution in [2.45, 2.75) is 30.0 Å².